The van der Waals surface area contributed by atoms with Crippen LogP contribution in [0.4, 0.5) is 0 Å². The molecule has 0 atom stereocenters. The van der Waals surface area contributed by atoms with Crippen LogP contribution in [0.25, 0.3) is 0 Å². The Morgan fingerprint density at radius 3 is 2.31 bits per heavy atom. The van der Waals surface area contributed by atoms with Gasteiger partial charge in [-0.25, -0.2) is 0 Å². The van der Waals surface area contributed by atoms with E-state index < -0.39 is 0 Å². The molecule has 0 spiro atoms. The van der Waals surface area contributed by atoms with Crippen molar-refractivity contribution in [3.63, 3.8) is 0 Å². The van der Waals surface area contributed by atoms with Crippen LogP contribution in [0.5, 0.6) is 0 Å². The highest BCUT2D eigenvalue weighted by molar-refractivity contribution is 5.33. The minimum absolute atomic E-state index is 0.441. The van der Waals surface area contributed by atoms with Crippen molar-refractivity contribution in [2.45, 2.75) is 54.4 Å². The van der Waals surface area contributed by atoms with E-state index in [0.29, 0.717) is 5.41 Å². The third-order valence-corrected chi connectivity index (χ3v) is 4.32. The van der Waals surface area contributed by atoms with E-state index in [9.17, 15) is 0 Å². The predicted molar refractivity (Wildman–Crippen MR) is 72.9 cm³/mol. The first-order valence-electron chi connectivity index (χ1n) is 6.39. The lowest BCUT2D eigenvalue weighted by molar-refractivity contribution is 0.229. The second-order valence-electron chi connectivity index (χ2n) is 6.00. The monoisotopic (exact) mass is 218 g/mol. The molecular weight excluding hydrogens is 192 g/mol. The second kappa shape index (κ2) is 5.03. The van der Waals surface area contributed by atoms with Crippen molar-refractivity contribution in [1.29, 1.82) is 0 Å². The zero-order valence-electron chi connectivity index (χ0n) is 11.7. The molecule has 0 amide bonds. The fourth-order valence-electron chi connectivity index (χ4n) is 1.83. The van der Waals surface area contributed by atoms with Gasteiger partial charge in [0, 0.05) is 0 Å². The molecule has 0 heteroatoms. The molecule has 90 valence electrons. The van der Waals surface area contributed by atoms with E-state index in [0.717, 1.165) is 5.92 Å². The Kier molecular flexibility index (Phi) is 4.18. The first-order valence-corrected chi connectivity index (χ1v) is 6.39. The van der Waals surface area contributed by atoms with E-state index >= 15 is 0 Å². The molecule has 0 N–H and O–H groups in total. The Balaban J connectivity index is 2.72. The maximum atomic E-state index is 2.38. The Morgan fingerprint density at radius 1 is 1.12 bits per heavy atom. The van der Waals surface area contributed by atoms with Crippen LogP contribution in [-0.2, 0) is 6.42 Å². The highest BCUT2D eigenvalue weighted by Gasteiger charge is 2.22. The second-order valence-corrected chi connectivity index (χ2v) is 6.00. The normalized spacial score (nSPS) is 12.2. The lowest BCUT2D eigenvalue weighted by Crippen LogP contribution is -2.20. The van der Waals surface area contributed by atoms with E-state index in [2.05, 4.69) is 59.7 Å². The number of benzene rings is 1. The fraction of sp³-hybridized carbons (Fsp3) is 0.625. The van der Waals surface area contributed by atoms with E-state index in [1.54, 1.807) is 0 Å². The van der Waals surface area contributed by atoms with Crippen LogP contribution in [0.2, 0.25) is 0 Å². The van der Waals surface area contributed by atoms with Crippen molar-refractivity contribution in [1.82, 2.24) is 0 Å². The lowest BCUT2D eigenvalue weighted by atomic mass is 9.76. The molecule has 0 aromatic heterocycles. The zero-order valence-corrected chi connectivity index (χ0v) is 11.7. The van der Waals surface area contributed by atoms with Crippen molar-refractivity contribution >= 4 is 0 Å². The quantitative estimate of drug-likeness (QED) is 0.673. The molecule has 0 radical (unpaired) electrons. The zero-order chi connectivity index (χ0) is 12.3. The number of rotatable bonds is 4. The van der Waals surface area contributed by atoms with Crippen LogP contribution < -0.4 is 0 Å². The molecule has 0 unspecified atom stereocenters. The molecule has 0 fully saturated rings. The minimum atomic E-state index is 0.441. The summed E-state index contributed by atoms with van der Waals surface area (Å²) in [5, 5.41) is 0. The Labute approximate surface area is 101 Å². The molecule has 1 aromatic carbocycles. The predicted octanol–water partition coefficient (Wildman–Crippen LogP) is 4.92. The van der Waals surface area contributed by atoms with E-state index in [1.807, 2.05) is 0 Å². The summed E-state index contributed by atoms with van der Waals surface area (Å²) in [4.78, 5) is 0. The molecular formula is C16H26. The summed E-state index contributed by atoms with van der Waals surface area (Å²) in [6.07, 6.45) is 2.48. The van der Waals surface area contributed by atoms with Crippen molar-refractivity contribution < 1.29 is 0 Å². The molecule has 1 aromatic rings. The summed E-state index contributed by atoms with van der Waals surface area (Å²) in [6, 6.07) is 6.66. The number of hydrogen-bond donors (Lipinski definition) is 0. The Morgan fingerprint density at radius 2 is 1.75 bits per heavy atom. The van der Waals surface area contributed by atoms with Crippen LogP contribution in [0.3, 0.4) is 0 Å². The molecule has 0 aliphatic carbocycles. The van der Waals surface area contributed by atoms with Crippen LogP contribution in [-0.4, -0.2) is 0 Å². The van der Waals surface area contributed by atoms with Gasteiger partial charge in [0.2, 0.25) is 0 Å². The van der Waals surface area contributed by atoms with Gasteiger partial charge in [-0.05, 0) is 54.7 Å². The van der Waals surface area contributed by atoms with Gasteiger partial charge in [0.15, 0.2) is 0 Å². The number of aryl methyl sites for hydroxylation is 2. The average molecular weight is 218 g/mol. The third-order valence-electron chi connectivity index (χ3n) is 4.32. The van der Waals surface area contributed by atoms with Crippen molar-refractivity contribution in [2.75, 3.05) is 0 Å². The third kappa shape index (κ3) is 3.10. The molecule has 0 aliphatic heterocycles. The topological polar surface area (TPSA) is 0 Å². The smallest absolute Gasteiger partial charge is 0.0271 e. The summed E-state index contributed by atoms with van der Waals surface area (Å²) < 4.78 is 0. The van der Waals surface area contributed by atoms with E-state index in [4.69, 9.17) is 0 Å². The maximum absolute atomic E-state index is 2.38. The molecule has 1 rings (SSSR count). The molecule has 0 heterocycles. The standard InChI is InChI=1S/C16H26/c1-12(2)16(5,6)11-10-15-9-7-8-13(3)14(15)4/h7-9,12H,10-11H2,1-6H3. The average Bonchev–Trinajstić information content (AvgIpc) is 2.20. The van der Waals surface area contributed by atoms with Gasteiger partial charge in [-0.15, -0.1) is 0 Å². The number of hydrogen-bond acceptors (Lipinski definition) is 0. The van der Waals surface area contributed by atoms with Gasteiger partial charge in [0.05, 0.1) is 0 Å². The SMILES string of the molecule is Cc1cccc(CCC(C)(C)C(C)C)c1C. The molecule has 0 bridgehead atoms. The molecule has 0 nitrogen and oxygen atoms in total. The highest BCUT2D eigenvalue weighted by atomic mass is 14.3. The fourth-order valence-corrected chi connectivity index (χ4v) is 1.83. The van der Waals surface area contributed by atoms with Gasteiger partial charge in [-0.2, -0.15) is 0 Å². The van der Waals surface area contributed by atoms with Gasteiger partial charge in [-0.3, -0.25) is 0 Å². The van der Waals surface area contributed by atoms with Crippen molar-refractivity contribution in [2.24, 2.45) is 11.3 Å². The Hall–Kier alpha value is -0.780. The summed E-state index contributed by atoms with van der Waals surface area (Å²) in [5.74, 6) is 0.748. The van der Waals surface area contributed by atoms with E-state index in [1.165, 1.54) is 29.5 Å². The summed E-state index contributed by atoms with van der Waals surface area (Å²) in [6.45, 7) is 13.8. The molecule has 16 heavy (non-hydrogen) atoms. The van der Waals surface area contributed by atoms with Crippen molar-refractivity contribution in [3.8, 4) is 0 Å². The first kappa shape index (κ1) is 13.3. The lowest BCUT2D eigenvalue weighted by Gasteiger charge is -2.29. The summed E-state index contributed by atoms with van der Waals surface area (Å²) >= 11 is 0. The largest absolute Gasteiger partial charge is 0.0623 e. The van der Waals surface area contributed by atoms with Crippen molar-refractivity contribution in [3.05, 3.63) is 34.9 Å². The van der Waals surface area contributed by atoms with Gasteiger partial charge < -0.3 is 0 Å². The summed E-state index contributed by atoms with van der Waals surface area (Å²) in [7, 11) is 0. The summed E-state index contributed by atoms with van der Waals surface area (Å²) in [5.41, 5.74) is 4.85. The van der Waals surface area contributed by atoms with Crippen LogP contribution in [0.1, 0.15) is 50.8 Å². The first-order chi connectivity index (χ1) is 7.34. The Bertz CT molecular complexity index is 345. The van der Waals surface area contributed by atoms with Crippen LogP contribution in [0, 0.1) is 25.2 Å². The highest BCUT2D eigenvalue weighted by Crippen LogP contribution is 2.32. The van der Waals surface area contributed by atoms with Gasteiger partial charge >= 0.3 is 0 Å². The molecule has 0 aliphatic rings. The van der Waals surface area contributed by atoms with E-state index in [-0.39, 0.29) is 0 Å². The van der Waals surface area contributed by atoms with Gasteiger partial charge in [0.25, 0.3) is 0 Å². The maximum Gasteiger partial charge on any atom is -0.0271 e. The molecule has 0 saturated heterocycles. The van der Waals surface area contributed by atoms with Crippen LogP contribution in [0.15, 0.2) is 18.2 Å². The minimum Gasteiger partial charge on any atom is -0.0623 e. The van der Waals surface area contributed by atoms with Crippen LogP contribution >= 0.6 is 0 Å². The van der Waals surface area contributed by atoms with Gasteiger partial charge in [0.1, 0.15) is 0 Å². The van der Waals surface area contributed by atoms with Gasteiger partial charge in [-0.1, -0.05) is 45.9 Å². The molecule has 0 saturated carbocycles.